The first-order chi connectivity index (χ1) is 25.0. The molecule has 272 valence electrons. The van der Waals surface area contributed by atoms with Gasteiger partial charge in [-0.2, -0.15) is 15.1 Å². The summed E-state index contributed by atoms with van der Waals surface area (Å²) in [5.74, 6) is -0.438. The molecule has 5 aromatic rings. The normalized spacial score (nSPS) is 20.4. The number of nitrogens with zero attached hydrogens (tertiary/aromatic N) is 7. The van der Waals surface area contributed by atoms with Crippen LogP contribution in [0.25, 0.3) is 32.8 Å². The molecule has 0 spiro atoms. The van der Waals surface area contributed by atoms with Crippen LogP contribution in [0.2, 0.25) is 5.02 Å². The van der Waals surface area contributed by atoms with E-state index in [0.29, 0.717) is 78.2 Å². The van der Waals surface area contributed by atoms with Gasteiger partial charge in [0, 0.05) is 44.7 Å². The molecule has 1 amide bonds. The maximum Gasteiger partial charge on any atom is 0.319 e. The lowest BCUT2D eigenvalue weighted by molar-refractivity contribution is 0.0821. The second-order valence-corrected chi connectivity index (χ2v) is 15.2. The van der Waals surface area contributed by atoms with E-state index >= 15 is 8.78 Å². The van der Waals surface area contributed by atoms with Gasteiger partial charge in [0.15, 0.2) is 11.5 Å². The predicted octanol–water partition coefficient (Wildman–Crippen LogP) is 7.21. The average Bonchev–Trinajstić information content (AvgIpc) is 3.74. The number of fused-ring (bicyclic) bond motifs is 4. The molecule has 0 radical (unpaired) electrons. The Morgan fingerprint density at radius 2 is 1.94 bits per heavy atom. The number of hydrogen-bond acceptors (Lipinski definition) is 8. The fraction of sp³-hybridized carbons (Fsp3) is 0.436. The Balaban J connectivity index is 1.29. The van der Waals surface area contributed by atoms with Crippen molar-refractivity contribution in [3.8, 4) is 22.9 Å². The molecule has 52 heavy (non-hydrogen) atoms. The number of benzene rings is 3. The fourth-order valence-corrected chi connectivity index (χ4v) is 9.05. The summed E-state index contributed by atoms with van der Waals surface area (Å²) in [5.41, 5.74) is 1.74. The van der Waals surface area contributed by atoms with Gasteiger partial charge in [-0.3, -0.25) is 14.4 Å². The van der Waals surface area contributed by atoms with Gasteiger partial charge in [-0.1, -0.05) is 31.5 Å². The monoisotopic (exact) mass is 729 g/mol. The zero-order chi connectivity index (χ0) is 36.5. The highest BCUT2D eigenvalue weighted by Crippen LogP contribution is 2.45. The van der Waals surface area contributed by atoms with Crippen molar-refractivity contribution in [3.05, 3.63) is 70.0 Å². The summed E-state index contributed by atoms with van der Waals surface area (Å²) in [7, 11) is 3.38. The quantitative estimate of drug-likeness (QED) is 0.188. The van der Waals surface area contributed by atoms with E-state index < -0.39 is 11.6 Å². The maximum absolute atomic E-state index is 17.3. The number of halogens is 3. The summed E-state index contributed by atoms with van der Waals surface area (Å²) in [4.78, 5) is 28.5. The van der Waals surface area contributed by atoms with Crippen molar-refractivity contribution in [3.63, 3.8) is 0 Å². The minimum absolute atomic E-state index is 0.00661. The molecule has 2 fully saturated rings. The molecular weight excluding hydrogens is 688 g/mol. The van der Waals surface area contributed by atoms with Crippen LogP contribution in [0.3, 0.4) is 0 Å². The van der Waals surface area contributed by atoms with E-state index in [2.05, 4.69) is 16.9 Å². The third-order valence-electron chi connectivity index (χ3n) is 11.0. The van der Waals surface area contributed by atoms with E-state index in [-0.39, 0.29) is 44.9 Å². The van der Waals surface area contributed by atoms with E-state index in [1.54, 1.807) is 32.3 Å². The number of aryl methyl sites for hydroxylation is 2. The molecule has 2 atom stereocenters. The summed E-state index contributed by atoms with van der Waals surface area (Å²) < 4.78 is 40.8. The SMILES string of the molecule is CCc1c(F)ccc2cc(O)cc(-c3c(Cl)cc4c(N5CCCn6nc(C(=O)N(C)C)cc6C5)nc(OC[C@@]56CCCN5C[C@H](C)C6)nc4c3F)c12. The van der Waals surface area contributed by atoms with Crippen LogP contribution in [-0.4, -0.2) is 86.4 Å². The lowest BCUT2D eigenvalue weighted by Crippen LogP contribution is -2.43. The molecule has 13 heteroatoms. The zero-order valence-electron chi connectivity index (χ0n) is 29.8. The summed E-state index contributed by atoms with van der Waals surface area (Å²) in [6, 6.07) is 9.38. The highest BCUT2D eigenvalue weighted by Gasteiger charge is 2.48. The fourth-order valence-electron chi connectivity index (χ4n) is 8.75. The van der Waals surface area contributed by atoms with Crippen LogP contribution < -0.4 is 9.64 Å². The van der Waals surface area contributed by atoms with Crippen LogP contribution in [0, 0.1) is 17.6 Å². The van der Waals surface area contributed by atoms with Crippen LogP contribution in [0.4, 0.5) is 14.6 Å². The topological polar surface area (TPSA) is 99.9 Å². The number of phenols is 1. The van der Waals surface area contributed by atoms with Crippen molar-refractivity contribution in [1.82, 2.24) is 29.5 Å². The van der Waals surface area contributed by atoms with Crippen LogP contribution in [0.5, 0.6) is 11.8 Å². The summed E-state index contributed by atoms with van der Waals surface area (Å²) in [5, 5.41) is 16.8. The number of carbonyl (C=O) groups excluding carboxylic acids is 1. The number of aromatic hydroxyl groups is 1. The van der Waals surface area contributed by atoms with Crippen molar-refractivity contribution < 1.29 is 23.4 Å². The molecule has 0 unspecified atom stereocenters. The van der Waals surface area contributed by atoms with Crippen molar-refractivity contribution in [2.75, 3.05) is 45.2 Å². The van der Waals surface area contributed by atoms with Crippen LogP contribution in [-0.2, 0) is 19.5 Å². The van der Waals surface area contributed by atoms with E-state index in [0.717, 1.165) is 38.0 Å². The van der Waals surface area contributed by atoms with Crippen molar-refractivity contribution in [2.24, 2.45) is 5.92 Å². The molecule has 2 aromatic heterocycles. The van der Waals surface area contributed by atoms with Gasteiger partial charge in [0.1, 0.15) is 29.5 Å². The number of amides is 1. The Hall–Kier alpha value is -4.55. The summed E-state index contributed by atoms with van der Waals surface area (Å²) in [6.07, 6.45) is 4.15. The number of anilines is 1. The molecule has 0 bridgehead atoms. The Bertz CT molecular complexity index is 2240. The lowest BCUT2D eigenvalue weighted by Gasteiger charge is -2.31. The number of aromatic nitrogens is 4. The summed E-state index contributed by atoms with van der Waals surface area (Å²) in [6.45, 7) is 8.02. The van der Waals surface area contributed by atoms with E-state index in [9.17, 15) is 9.90 Å². The molecule has 3 aliphatic heterocycles. The van der Waals surface area contributed by atoms with Gasteiger partial charge >= 0.3 is 6.01 Å². The minimum atomic E-state index is -0.719. The minimum Gasteiger partial charge on any atom is -0.508 e. The number of rotatable bonds is 7. The number of hydrogen-bond donors (Lipinski definition) is 1. The molecule has 10 nitrogen and oxygen atoms in total. The molecule has 3 aliphatic rings. The molecule has 5 heterocycles. The number of phenolic OH excluding ortho intramolecular Hbond substituents is 1. The van der Waals surface area contributed by atoms with E-state index in [4.69, 9.17) is 26.3 Å². The average molecular weight is 730 g/mol. The first kappa shape index (κ1) is 34.5. The van der Waals surface area contributed by atoms with Gasteiger partial charge < -0.3 is 19.6 Å². The van der Waals surface area contributed by atoms with Gasteiger partial charge in [0.25, 0.3) is 5.91 Å². The molecule has 0 aliphatic carbocycles. The molecular formula is C39H42ClF2N7O3. The van der Waals surface area contributed by atoms with Gasteiger partial charge in [-0.05, 0) is 96.8 Å². The Labute approximate surface area is 305 Å². The van der Waals surface area contributed by atoms with Crippen molar-refractivity contribution in [1.29, 1.82) is 0 Å². The van der Waals surface area contributed by atoms with Gasteiger partial charge in [-0.25, -0.2) is 8.78 Å². The maximum atomic E-state index is 17.3. The second kappa shape index (κ2) is 13.1. The predicted molar refractivity (Wildman–Crippen MR) is 197 cm³/mol. The number of carbonyl (C=O) groups is 1. The van der Waals surface area contributed by atoms with Crippen molar-refractivity contribution >= 4 is 45.0 Å². The van der Waals surface area contributed by atoms with Crippen molar-refractivity contribution in [2.45, 2.75) is 64.6 Å². The zero-order valence-corrected chi connectivity index (χ0v) is 30.6. The van der Waals surface area contributed by atoms with Gasteiger partial charge in [0.2, 0.25) is 0 Å². The van der Waals surface area contributed by atoms with Gasteiger partial charge in [-0.15, -0.1) is 0 Å². The van der Waals surface area contributed by atoms with E-state index in [1.165, 1.54) is 23.1 Å². The van der Waals surface area contributed by atoms with Crippen LogP contribution in [0.15, 0.2) is 36.4 Å². The van der Waals surface area contributed by atoms with Crippen LogP contribution in [0.1, 0.15) is 61.3 Å². The molecule has 8 rings (SSSR count). The largest absolute Gasteiger partial charge is 0.508 e. The first-order valence-corrected chi connectivity index (χ1v) is 18.4. The third kappa shape index (κ3) is 5.80. The standard InChI is InChI=1S/C39H42ClF2N7O3/c1-5-26-30(41)9-8-23-14-25(50)16-27(32(23)26)33-29(40)17-28-35(34(33)42)43-38(52-21-39-10-6-12-48(39)19-22(2)18-39)44-36(28)47-11-7-13-49-24(20-47)15-31(45-49)37(51)46(3)4/h8-9,14-17,22,50H,5-7,10-13,18-21H2,1-4H3/t22-,39+/m1/s1. The molecule has 0 saturated carbocycles. The molecule has 2 saturated heterocycles. The third-order valence-corrected chi connectivity index (χ3v) is 11.3. The summed E-state index contributed by atoms with van der Waals surface area (Å²) >= 11 is 7.00. The highest BCUT2D eigenvalue weighted by atomic mass is 35.5. The molecule has 3 aromatic carbocycles. The van der Waals surface area contributed by atoms with E-state index in [1.807, 2.05) is 16.5 Å². The van der Waals surface area contributed by atoms with Gasteiger partial charge in [0.05, 0.1) is 22.8 Å². The molecule has 1 N–H and O–H groups in total. The second-order valence-electron chi connectivity index (χ2n) is 14.8. The Morgan fingerprint density at radius 1 is 1.12 bits per heavy atom. The highest BCUT2D eigenvalue weighted by molar-refractivity contribution is 6.35. The van der Waals surface area contributed by atoms with Crippen LogP contribution >= 0.6 is 11.6 Å². The Kier molecular flexibility index (Phi) is 8.73. The lowest BCUT2D eigenvalue weighted by atomic mass is 9.91. The number of ether oxygens (including phenoxy) is 1. The smallest absolute Gasteiger partial charge is 0.319 e. The first-order valence-electron chi connectivity index (χ1n) is 18.0. The Morgan fingerprint density at radius 3 is 2.73 bits per heavy atom.